The van der Waals surface area contributed by atoms with Crippen LogP contribution in [0.3, 0.4) is 0 Å². The summed E-state index contributed by atoms with van der Waals surface area (Å²) in [6.45, 7) is 3.95. The number of Topliss-reactive ketones (excluding diaryl/α,β-unsaturated/α-hetero) is 1. The summed E-state index contributed by atoms with van der Waals surface area (Å²) >= 11 is 3.44. The minimum absolute atomic E-state index is 0.0350. The first-order chi connectivity index (χ1) is 9.43. The van der Waals surface area contributed by atoms with Crippen molar-refractivity contribution >= 4 is 32.6 Å². The molecule has 0 atom stereocenters. The highest BCUT2D eigenvalue weighted by molar-refractivity contribution is 9.10. The molecule has 0 saturated carbocycles. The molecule has 0 unspecified atom stereocenters. The number of halogens is 1. The standard InChI is InChI=1S/C16H18BrNO2/c1-16(2,20-3)9-8-14(19)15-12(17)10-11-6-4-5-7-13(11)18-15/h4-7,10H,8-9H2,1-3H3. The SMILES string of the molecule is COC(C)(C)CCC(=O)c1nc2ccccc2cc1Br. The number of hydrogen-bond donors (Lipinski definition) is 0. The van der Waals surface area contributed by atoms with Crippen molar-refractivity contribution in [3.05, 3.63) is 40.5 Å². The van der Waals surface area contributed by atoms with Gasteiger partial charge in [0.2, 0.25) is 0 Å². The summed E-state index contributed by atoms with van der Waals surface area (Å²) in [5.74, 6) is 0.0350. The minimum Gasteiger partial charge on any atom is -0.379 e. The molecule has 4 heteroatoms. The Kier molecular flexibility index (Phi) is 4.55. The first kappa shape index (κ1) is 15.1. The highest BCUT2D eigenvalue weighted by atomic mass is 79.9. The Bertz CT molecular complexity index is 637. The van der Waals surface area contributed by atoms with Crippen molar-refractivity contribution in [1.82, 2.24) is 4.98 Å². The lowest BCUT2D eigenvalue weighted by atomic mass is 9.99. The van der Waals surface area contributed by atoms with Crippen molar-refractivity contribution in [2.75, 3.05) is 7.11 Å². The average Bonchev–Trinajstić information content (AvgIpc) is 2.44. The van der Waals surface area contributed by atoms with Crippen LogP contribution in [0.1, 0.15) is 37.2 Å². The molecule has 0 radical (unpaired) electrons. The summed E-state index contributed by atoms with van der Waals surface area (Å²) < 4.78 is 6.09. The van der Waals surface area contributed by atoms with Crippen LogP contribution >= 0.6 is 15.9 Å². The zero-order valence-corrected chi connectivity index (χ0v) is 13.5. The minimum atomic E-state index is -0.293. The van der Waals surface area contributed by atoms with E-state index in [0.29, 0.717) is 18.5 Å². The van der Waals surface area contributed by atoms with Crippen molar-refractivity contribution in [2.24, 2.45) is 0 Å². The van der Waals surface area contributed by atoms with Gasteiger partial charge in [-0.3, -0.25) is 4.79 Å². The number of carbonyl (C=O) groups is 1. The van der Waals surface area contributed by atoms with Gasteiger partial charge in [0.05, 0.1) is 11.1 Å². The summed E-state index contributed by atoms with van der Waals surface area (Å²) in [5.41, 5.74) is 1.04. The number of hydrogen-bond acceptors (Lipinski definition) is 3. The number of aromatic nitrogens is 1. The number of para-hydroxylation sites is 1. The Balaban J connectivity index is 2.24. The third-order valence-corrected chi connectivity index (χ3v) is 4.05. The molecule has 3 nitrogen and oxygen atoms in total. The van der Waals surface area contributed by atoms with Crippen molar-refractivity contribution in [2.45, 2.75) is 32.3 Å². The molecular weight excluding hydrogens is 318 g/mol. The van der Waals surface area contributed by atoms with Gasteiger partial charge in [0.25, 0.3) is 0 Å². The van der Waals surface area contributed by atoms with E-state index in [4.69, 9.17) is 4.74 Å². The highest BCUT2D eigenvalue weighted by Crippen LogP contribution is 2.24. The fourth-order valence-corrected chi connectivity index (χ4v) is 2.48. The van der Waals surface area contributed by atoms with Gasteiger partial charge in [0, 0.05) is 23.4 Å². The summed E-state index contributed by atoms with van der Waals surface area (Å²) in [6.07, 6.45) is 1.09. The molecule has 0 aliphatic rings. The Morgan fingerprint density at radius 2 is 2.05 bits per heavy atom. The van der Waals surface area contributed by atoms with E-state index in [1.165, 1.54) is 0 Å². The van der Waals surface area contributed by atoms with Gasteiger partial charge >= 0.3 is 0 Å². The third kappa shape index (κ3) is 3.44. The number of rotatable bonds is 5. The van der Waals surface area contributed by atoms with Crippen molar-refractivity contribution < 1.29 is 9.53 Å². The van der Waals surface area contributed by atoms with Crippen LogP contribution in [0.15, 0.2) is 34.8 Å². The predicted molar refractivity (Wildman–Crippen MR) is 84.1 cm³/mol. The smallest absolute Gasteiger partial charge is 0.182 e. The fourth-order valence-electron chi connectivity index (χ4n) is 1.92. The molecule has 2 aromatic rings. The predicted octanol–water partition coefficient (Wildman–Crippen LogP) is 4.39. The Morgan fingerprint density at radius 1 is 1.35 bits per heavy atom. The molecule has 0 bridgehead atoms. The van der Waals surface area contributed by atoms with Gasteiger partial charge in [-0.15, -0.1) is 0 Å². The maximum atomic E-state index is 12.3. The quantitative estimate of drug-likeness (QED) is 0.761. The van der Waals surface area contributed by atoms with Crippen LogP contribution in [0.5, 0.6) is 0 Å². The van der Waals surface area contributed by atoms with Crippen molar-refractivity contribution in [3.8, 4) is 0 Å². The lowest BCUT2D eigenvalue weighted by molar-refractivity contribution is 0.0141. The van der Waals surface area contributed by atoms with Crippen LogP contribution in [0.25, 0.3) is 10.9 Å². The summed E-state index contributed by atoms with van der Waals surface area (Å²) in [4.78, 5) is 16.8. The third-order valence-electron chi connectivity index (χ3n) is 3.45. The van der Waals surface area contributed by atoms with Crippen LogP contribution in [-0.2, 0) is 4.74 Å². The van der Waals surface area contributed by atoms with E-state index in [1.807, 2.05) is 44.2 Å². The van der Waals surface area contributed by atoms with Gasteiger partial charge in [-0.2, -0.15) is 0 Å². The maximum Gasteiger partial charge on any atom is 0.182 e. The molecule has 0 fully saturated rings. The van der Waals surface area contributed by atoms with Gasteiger partial charge in [0.1, 0.15) is 5.69 Å². The van der Waals surface area contributed by atoms with Gasteiger partial charge in [-0.1, -0.05) is 18.2 Å². The zero-order valence-electron chi connectivity index (χ0n) is 11.9. The molecule has 0 spiro atoms. The van der Waals surface area contributed by atoms with Gasteiger partial charge in [-0.05, 0) is 48.3 Å². The fraction of sp³-hybridized carbons (Fsp3) is 0.375. The second kappa shape index (κ2) is 6.02. The second-order valence-corrected chi connectivity index (χ2v) is 6.25. The van der Waals surface area contributed by atoms with E-state index < -0.39 is 0 Å². The number of fused-ring (bicyclic) bond motifs is 1. The van der Waals surface area contributed by atoms with Gasteiger partial charge < -0.3 is 4.74 Å². The molecule has 20 heavy (non-hydrogen) atoms. The molecule has 0 aliphatic carbocycles. The molecule has 1 aromatic heterocycles. The first-order valence-corrected chi connectivity index (χ1v) is 7.36. The summed E-state index contributed by atoms with van der Waals surface area (Å²) in [5, 5.41) is 1.02. The number of ketones is 1. The Hall–Kier alpha value is -1.26. The lowest BCUT2D eigenvalue weighted by Gasteiger charge is -2.22. The van der Waals surface area contributed by atoms with Gasteiger partial charge in [-0.25, -0.2) is 4.98 Å². The molecule has 0 saturated heterocycles. The topological polar surface area (TPSA) is 39.2 Å². The normalized spacial score (nSPS) is 11.8. The number of ether oxygens (including phenoxy) is 1. The van der Waals surface area contributed by atoms with E-state index in [0.717, 1.165) is 15.4 Å². The van der Waals surface area contributed by atoms with Crippen LogP contribution < -0.4 is 0 Å². The maximum absolute atomic E-state index is 12.3. The Labute approximate surface area is 127 Å². The molecule has 0 aliphatic heterocycles. The molecule has 2 rings (SSSR count). The van der Waals surface area contributed by atoms with E-state index in [9.17, 15) is 4.79 Å². The average molecular weight is 336 g/mol. The van der Waals surface area contributed by atoms with Crippen LogP contribution in [0.2, 0.25) is 0 Å². The highest BCUT2D eigenvalue weighted by Gasteiger charge is 2.20. The van der Waals surface area contributed by atoms with Crippen LogP contribution in [-0.4, -0.2) is 23.5 Å². The van der Waals surface area contributed by atoms with Crippen molar-refractivity contribution in [1.29, 1.82) is 0 Å². The largest absolute Gasteiger partial charge is 0.379 e. The zero-order chi connectivity index (χ0) is 14.8. The number of pyridine rings is 1. The molecule has 0 amide bonds. The number of benzene rings is 1. The second-order valence-electron chi connectivity index (χ2n) is 5.40. The van der Waals surface area contributed by atoms with Gasteiger partial charge in [0.15, 0.2) is 5.78 Å². The van der Waals surface area contributed by atoms with E-state index in [-0.39, 0.29) is 11.4 Å². The molecule has 1 aromatic carbocycles. The summed E-state index contributed by atoms with van der Waals surface area (Å²) in [6, 6.07) is 9.72. The molecular formula is C16H18BrNO2. The molecule has 106 valence electrons. The van der Waals surface area contributed by atoms with Crippen LogP contribution in [0, 0.1) is 0 Å². The van der Waals surface area contributed by atoms with Crippen LogP contribution in [0.4, 0.5) is 0 Å². The molecule has 0 N–H and O–H groups in total. The monoisotopic (exact) mass is 335 g/mol. The lowest BCUT2D eigenvalue weighted by Crippen LogP contribution is -2.23. The number of carbonyl (C=O) groups excluding carboxylic acids is 1. The summed E-state index contributed by atoms with van der Waals surface area (Å²) in [7, 11) is 1.66. The van der Waals surface area contributed by atoms with E-state index in [1.54, 1.807) is 7.11 Å². The number of methoxy groups -OCH3 is 1. The van der Waals surface area contributed by atoms with E-state index in [2.05, 4.69) is 20.9 Å². The number of nitrogens with zero attached hydrogens (tertiary/aromatic N) is 1. The van der Waals surface area contributed by atoms with E-state index >= 15 is 0 Å². The first-order valence-electron chi connectivity index (χ1n) is 6.56. The van der Waals surface area contributed by atoms with Crippen molar-refractivity contribution in [3.63, 3.8) is 0 Å². The Morgan fingerprint density at radius 3 is 2.75 bits per heavy atom. The molecule has 1 heterocycles.